The number of benzene rings is 2. The van der Waals surface area contributed by atoms with E-state index in [9.17, 15) is 0 Å². The number of nitrogens with zero attached hydrogens (tertiary/aromatic N) is 1. The van der Waals surface area contributed by atoms with Gasteiger partial charge in [0.05, 0.1) is 20.3 Å². The largest absolute Gasteiger partial charge is 0.497 e. The Morgan fingerprint density at radius 3 is 2.52 bits per heavy atom. The van der Waals surface area contributed by atoms with Crippen LogP contribution in [0.5, 0.6) is 5.75 Å². The second-order valence-electron chi connectivity index (χ2n) is 6.58. The fraction of sp³-hybridized carbons (Fsp3) is 0.429. The number of hydrogen-bond acceptors (Lipinski definition) is 4. The Hall–Kier alpha value is -1.88. The maximum absolute atomic E-state index is 5.42. The van der Waals surface area contributed by atoms with Crippen molar-refractivity contribution >= 4 is 0 Å². The average molecular weight is 340 g/mol. The summed E-state index contributed by atoms with van der Waals surface area (Å²) in [5.74, 6) is 0.895. The van der Waals surface area contributed by atoms with E-state index < -0.39 is 0 Å². The van der Waals surface area contributed by atoms with Gasteiger partial charge in [-0.3, -0.25) is 4.90 Å². The van der Waals surface area contributed by atoms with Gasteiger partial charge in [0.2, 0.25) is 0 Å². The van der Waals surface area contributed by atoms with Gasteiger partial charge in [-0.2, -0.15) is 0 Å². The Balaban J connectivity index is 1.54. The first kappa shape index (κ1) is 17.9. The quantitative estimate of drug-likeness (QED) is 0.838. The molecule has 0 bridgehead atoms. The lowest BCUT2D eigenvalue weighted by atomic mass is 10.1. The third-order valence-corrected chi connectivity index (χ3v) is 4.73. The van der Waals surface area contributed by atoms with Crippen LogP contribution in [0, 0.1) is 0 Å². The van der Waals surface area contributed by atoms with Gasteiger partial charge in [0, 0.05) is 32.2 Å². The van der Waals surface area contributed by atoms with Crippen LogP contribution in [0.4, 0.5) is 0 Å². The lowest BCUT2D eigenvalue weighted by Crippen LogP contribution is -2.35. The normalized spacial score (nSPS) is 16.6. The summed E-state index contributed by atoms with van der Waals surface area (Å²) in [7, 11) is 1.70. The van der Waals surface area contributed by atoms with Crippen molar-refractivity contribution in [2.24, 2.45) is 0 Å². The topological polar surface area (TPSA) is 33.7 Å². The highest BCUT2D eigenvalue weighted by Crippen LogP contribution is 2.18. The third kappa shape index (κ3) is 5.30. The minimum absolute atomic E-state index is 0.300. The first-order chi connectivity index (χ1) is 12.2. The maximum atomic E-state index is 5.42. The Morgan fingerprint density at radius 2 is 1.80 bits per heavy atom. The van der Waals surface area contributed by atoms with E-state index in [1.54, 1.807) is 7.11 Å². The third-order valence-electron chi connectivity index (χ3n) is 4.73. The lowest BCUT2D eigenvalue weighted by molar-refractivity contribution is 0.0342. The van der Waals surface area contributed by atoms with Gasteiger partial charge in [0.25, 0.3) is 0 Å². The van der Waals surface area contributed by atoms with Crippen LogP contribution >= 0.6 is 0 Å². The highest BCUT2D eigenvalue weighted by molar-refractivity contribution is 5.29. The van der Waals surface area contributed by atoms with E-state index >= 15 is 0 Å². The summed E-state index contributed by atoms with van der Waals surface area (Å²) in [6.07, 6.45) is 0. The molecule has 0 unspecified atom stereocenters. The van der Waals surface area contributed by atoms with E-state index in [2.05, 4.69) is 53.5 Å². The summed E-state index contributed by atoms with van der Waals surface area (Å²) < 4.78 is 10.6. The molecule has 4 heteroatoms. The first-order valence-corrected chi connectivity index (χ1v) is 9.00. The number of hydrogen-bond donors (Lipinski definition) is 1. The summed E-state index contributed by atoms with van der Waals surface area (Å²) in [6, 6.07) is 17.4. The van der Waals surface area contributed by atoms with Crippen molar-refractivity contribution in [3.05, 3.63) is 65.2 Å². The van der Waals surface area contributed by atoms with Gasteiger partial charge < -0.3 is 14.8 Å². The van der Waals surface area contributed by atoms with E-state index in [4.69, 9.17) is 9.47 Å². The van der Waals surface area contributed by atoms with E-state index in [1.165, 1.54) is 16.7 Å². The molecular weight excluding hydrogens is 312 g/mol. The fourth-order valence-corrected chi connectivity index (χ4v) is 3.14. The fourth-order valence-electron chi connectivity index (χ4n) is 3.14. The first-order valence-electron chi connectivity index (χ1n) is 9.00. The van der Waals surface area contributed by atoms with Crippen LogP contribution in [0.25, 0.3) is 0 Å². The van der Waals surface area contributed by atoms with Gasteiger partial charge in [0.1, 0.15) is 5.75 Å². The summed E-state index contributed by atoms with van der Waals surface area (Å²) >= 11 is 0. The monoisotopic (exact) mass is 340 g/mol. The highest BCUT2D eigenvalue weighted by atomic mass is 16.5. The molecule has 1 atom stereocenters. The van der Waals surface area contributed by atoms with Crippen LogP contribution in [0.1, 0.15) is 29.7 Å². The zero-order valence-electron chi connectivity index (χ0n) is 15.2. The molecule has 25 heavy (non-hydrogen) atoms. The van der Waals surface area contributed by atoms with E-state index in [0.29, 0.717) is 6.04 Å². The Labute approximate surface area is 150 Å². The minimum Gasteiger partial charge on any atom is -0.497 e. The number of nitrogens with one attached hydrogen (secondary N) is 1. The second-order valence-corrected chi connectivity index (χ2v) is 6.58. The van der Waals surface area contributed by atoms with Crippen molar-refractivity contribution in [1.29, 1.82) is 0 Å². The van der Waals surface area contributed by atoms with Gasteiger partial charge in [-0.25, -0.2) is 0 Å². The van der Waals surface area contributed by atoms with Crippen LogP contribution in [-0.4, -0.2) is 38.3 Å². The molecule has 3 rings (SSSR count). The van der Waals surface area contributed by atoms with Crippen LogP contribution in [-0.2, 0) is 17.8 Å². The molecule has 0 aromatic heterocycles. The number of methoxy groups -OCH3 is 1. The summed E-state index contributed by atoms with van der Waals surface area (Å²) in [6.45, 7) is 7.81. The van der Waals surface area contributed by atoms with E-state index in [0.717, 1.165) is 45.1 Å². The van der Waals surface area contributed by atoms with Gasteiger partial charge in [0.15, 0.2) is 0 Å². The molecule has 0 aliphatic carbocycles. The molecule has 0 amide bonds. The van der Waals surface area contributed by atoms with Crippen molar-refractivity contribution in [1.82, 2.24) is 10.2 Å². The SMILES string of the molecule is COc1ccc([C@@H](C)NCc2cccc(CN3CCOCC3)c2)cc1. The molecule has 2 aromatic carbocycles. The molecule has 0 radical (unpaired) electrons. The molecule has 134 valence electrons. The summed E-state index contributed by atoms with van der Waals surface area (Å²) in [5, 5.41) is 3.61. The van der Waals surface area contributed by atoms with E-state index in [-0.39, 0.29) is 0 Å². The zero-order valence-corrected chi connectivity index (χ0v) is 15.2. The molecule has 1 aliphatic heterocycles. The molecule has 0 saturated carbocycles. The van der Waals surface area contributed by atoms with Crippen molar-refractivity contribution < 1.29 is 9.47 Å². The second kappa shape index (κ2) is 8.99. The Morgan fingerprint density at radius 1 is 1.08 bits per heavy atom. The summed E-state index contributed by atoms with van der Waals surface area (Å²) in [4.78, 5) is 2.45. The van der Waals surface area contributed by atoms with Crippen LogP contribution in [0.15, 0.2) is 48.5 Å². The molecule has 1 fully saturated rings. The van der Waals surface area contributed by atoms with Gasteiger partial charge in [-0.05, 0) is 35.7 Å². The Bertz CT molecular complexity index is 651. The van der Waals surface area contributed by atoms with Crippen molar-refractivity contribution in [3.8, 4) is 5.75 Å². The lowest BCUT2D eigenvalue weighted by Gasteiger charge is -2.26. The Kier molecular flexibility index (Phi) is 6.45. The molecule has 1 aliphatic rings. The number of morpholine rings is 1. The molecule has 1 saturated heterocycles. The van der Waals surface area contributed by atoms with E-state index in [1.807, 2.05) is 12.1 Å². The average Bonchev–Trinajstić information content (AvgIpc) is 2.67. The van der Waals surface area contributed by atoms with Crippen molar-refractivity contribution in [3.63, 3.8) is 0 Å². The predicted octanol–water partition coefficient (Wildman–Crippen LogP) is 3.38. The minimum atomic E-state index is 0.300. The molecule has 0 spiro atoms. The predicted molar refractivity (Wildman–Crippen MR) is 101 cm³/mol. The number of ether oxygens (including phenoxy) is 2. The molecule has 4 nitrogen and oxygen atoms in total. The van der Waals surface area contributed by atoms with Crippen LogP contribution in [0.2, 0.25) is 0 Å². The highest BCUT2D eigenvalue weighted by Gasteiger charge is 2.11. The maximum Gasteiger partial charge on any atom is 0.118 e. The number of rotatable bonds is 7. The molecule has 2 aromatic rings. The molecular formula is C21H28N2O2. The smallest absolute Gasteiger partial charge is 0.118 e. The van der Waals surface area contributed by atoms with Crippen molar-refractivity contribution in [2.75, 3.05) is 33.4 Å². The van der Waals surface area contributed by atoms with Crippen LogP contribution < -0.4 is 10.1 Å². The van der Waals surface area contributed by atoms with Crippen molar-refractivity contribution in [2.45, 2.75) is 26.1 Å². The van der Waals surface area contributed by atoms with Gasteiger partial charge in [-0.15, -0.1) is 0 Å². The van der Waals surface area contributed by atoms with Crippen LogP contribution in [0.3, 0.4) is 0 Å². The molecule has 1 N–H and O–H groups in total. The zero-order chi connectivity index (χ0) is 17.5. The molecule has 1 heterocycles. The van der Waals surface area contributed by atoms with Gasteiger partial charge in [-0.1, -0.05) is 36.4 Å². The standard InChI is InChI=1S/C21H28N2O2/c1-17(20-6-8-21(24-2)9-7-20)22-15-18-4-3-5-19(14-18)16-23-10-12-25-13-11-23/h3-9,14,17,22H,10-13,15-16H2,1-2H3/t17-/m1/s1. The summed E-state index contributed by atoms with van der Waals surface area (Å²) in [5.41, 5.74) is 3.97. The van der Waals surface area contributed by atoms with Gasteiger partial charge >= 0.3 is 0 Å².